The van der Waals surface area contributed by atoms with E-state index < -0.39 is 36.8 Å². The third-order valence-electron chi connectivity index (χ3n) is 2.66. The van der Waals surface area contributed by atoms with Gasteiger partial charge >= 0.3 is 0 Å². The summed E-state index contributed by atoms with van der Waals surface area (Å²) in [7, 11) is 0. The largest absolute Gasteiger partial charge is 0.394 e. The van der Waals surface area contributed by atoms with Crippen LogP contribution < -0.4 is 0 Å². The molecule has 1 fully saturated rings. The van der Waals surface area contributed by atoms with Crippen molar-refractivity contribution in [1.82, 2.24) is 0 Å². The number of aliphatic hydroxyl groups excluding tert-OH is 4. The lowest BCUT2D eigenvalue weighted by Gasteiger charge is -2.45. The van der Waals surface area contributed by atoms with E-state index in [0.717, 1.165) is 0 Å². The van der Waals surface area contributed by atoms with Crippen molar-refractivity contribution in [3.63, 3.8) is 0 Å². The minimum Gasteiger partial charge on any atom is -0.394 e. The van der Waals surface area contributed by atoms with Gasteiger partial charge in [0.05, 0.1) is 6.61 Å². The summed E-state index contributed by atoms with van der Waals surface area (Å²) in [6.45, 7) is 1.25. The molecule has 0 aromatic heterocycles. The summed E-state index contributed by atoms with van der Waals surface area (Å²) in [6, 6.07) is 0. The van der Waals surface area contributed by atoms with Crippen molar-refractivity contribution in [2.75, 3.05) is 6.61 Å². The maximum atomic E-state index is 9.88. The highest BCUT2D eigenvalue weighted by Crippen LogP contribution is 2.31. The van der Waals surface area contributed by atoms with Crippen LogP contribution in [0.4, 0.5) is 0 Å². The maximum Gasteiger partial charge on any atom is 0.195 e. The molecule has 0 radical (unpaired) electrons. The lowest BCUT2D eigenvalue weighted by molar-refractivity contribution is -0.351. The van der Waals surface area contributed by atoms with Gasteiger partial charge in [-0.15, -0.1) is 0 Å². The number of ether oxygens (including phenoxy) is 1. The smallest absolute Gasteiger partial charge is 0.195 e. The van der Waals surface area contributed by atoms with Gasteiger partial charge in [-0.25, -0.2) is 0 Å². The zero-order valence-electron chi connectivity index (χ0n) is 8.58. The first-order chi connectivity index (χ1) is 6.96. The summed E-state index contributed by atoms with van der Waals surface area (Å²) in [5.41, 5.74) is 0. The summed E-state index contributed by atoms with van der Waals surface area (Å²) in [4.78, 5) is 0. The van der Waals surface area contributed by atoms with Crippen molar-refractivity contribution in [2.24, 2.45) is 0 Å². The number of aliphatic hydroxyl groups is 5. The van der Waals surface area contributed by atoms with E-state index in [1.807, 2.05) is 0 Å². The molecule has 5 N–H and O–H groups in total. The monoisotopic (exact) mass is 222 g/mol. The van der Waals surface area contributed by atoms with Crippen molar-refractivity contribution in [2.45, 2.75) is 50.0 Å². The van der Waals surface area contributed by atoms with Gasteiger partial charge in [-0.1, -0.05) is 13.3 Å². The highest BCUT2D eigenvalue weighted by molar-refractivity contribution is 4.95. The van der Waals surface area contributed by atoms with Crippen LogP contribution in [0.15, 0.2) is 0 Å². The van der Waals surface area contributed by atoms with E-state index in [0.29, 0.717) is 6.42 Å². The minimum atomic E-state index is -1.90. The molecule has 0 amide bonds. The Bertz CT molecular complexity index is 209. The van der Waals surface area contributed by atoms with Crippen LogP contribution >= 0.6 is 0 Å². The summed E-state index contributed by atoms with van der Waals surface area (Å²) < 4.78 is 5.00. The van der Waals surface area contributed by atoms with Crippen LogP contribution in [-0.2, 0) is 4.74 Å². The van der Waals surface area contributed by atoms with Gasteiger partial charge < -0.3 is 30.3 Å². The fourth-order valence-electron chi connectivity index (χ4n) is 1.79. The standard InChI is InChI=1S/C9H18O6/c1-2-3-9(14)8(13)7(12)6(11)5(4-10)15-9/h5-8,10-14H,2-4H2,1H3/t5-,6-,7+,8-,9+/m1/s1. The molecule has 0 aromatic carbocycles. The Morgan fingerprint density at radius 1 is 1.20 bits per heavy atom. The normalized spacial score (nSPS) is 46.8. The van der Waals surface area contributed by atoms with Crippen LogP contribution in [0.25, 0.3) is 0 Å². The molecule has 0 spiro atoms. The molecule has 0 saturated carbocycles. The van der Waals surface area contributed by atoms with E-state index in [4.69, 9.17) is 9.84 Å². The molecule has 6 heteroatoms. The molecule has 6 nitrogen and oxygen atoms in total. The summed E-state index contributed by atoms with van der Waals surface area (Å²) in [6.07, 6.45) is -4.92. The van der Waals surface area contributed by atoms with Crippen LogP contribution in [0, 0.1) is 0 Å². The zero-order valence-corrected chi connectivity index (χ0v) is 8.58. The lowest BCUT2D eigenvalue weighted by atomic mass is 9.90. The van der Waals surface area contributed by atoms with E-state index in [1.54, 1.807) is 6.92 Å². The molecule has 0 aliphatic carbocycles. The molecule has 1 saturated heterocycles. The van der Waals surface area contributed by atoms with Crippen LogP contribution in [0.5, 0.6) is 0 Å². The number of rotatable bonds is 3. The van der Waals surface area contributed by atoms with Gasteiger partial charge in [-0.2, -0.15) is 0 Å². The van der Waals surface area contributed by atoms with Crippen molar-refractivity contribution < 1.29 is 30.3 Å². The fourth-order valence-corrected chi connectivity index (χ4v) is 1.79. The quantitative estimate of drug-likeness (QED) is 0.376. The molecule has 1 aliphatic heterocycles. The fraction of sp³-hybridized carbons (Fsp3) is 1.00. The molecule has 90 valence electrons. The summed E-state index contributed by atoms with van der Waals surface area (Å²) in [5, 5.41) is 47.2. The average Bonchev–Trinajstić information content (AvgIpc) is 2.21. The van der Waals surface area contributed by atoms with Crippen LogP contribution in [0.3, 0.4) is 0 Å². The third kappa shape index (κ3) is 2.30. The maximum absolute atomic E-state index is 9.88. The predicted molar refractivity (Wildman–Crippen MR) is 49.8 cm³/mol. The van der Waals surface area contributed by atoms with Gasteiger partial charge in [0.2, 0.25) is 0 Å². The highest BCUT2D eigenvalue weighted by atomic mass is 16.7. The van der Waals surface area contributed by atoms with Gasteiger partial charge in [-0.05, 0) is 0 Å². The SMILES string of the molecule is CCC[C@]1(O)O[C@H](CO)[C@@H](O)[C@H](O)[C@H]1O. The second-order valence-electron chi connectivity index (χ2n) is 3.86. The van der Waals surface area contributed by atoms with Crippen molar-refractivity contribution in [1.29, 1.82) is 0 Å². The van der Waals surface area contributed by atoms with E-state index in [2.05, 4.69) is 0 Å². The molecule has 15 heavy (non-hydrogen) atoms. The Morgan fingerprint density at radius 2 is 1.80 bits per heavy atom. The molecule has 0 aromatic rings. The molecule has 0 bridgehead atoms. The topological polar surface area (TPSA) is 110 Å². The molecule has 1 aliphatic rings. The minimum absolute atomic E-state index is 0.119. The Kier molecular flexibility index (Phi) is 4.05. The van der Waals surface area contributed by atoms with E-state index in [-0.39, 0.29) is 6.42 Å². The Labute approximate surface area is 87.7 Å². The third-order valence-corrected chi connectivity index (χ3v) is 2.66. The van der Waals surface area contributed by atoms with Crippen molar-refractivity contribution in [3.8, 4) is 0 Å². The molecule has 0 unspecified atom stereocenters. The average molecular weight is 222 g/mol. The predicted octanol–water partition coefficient (Wildman–Crippen LogP) is -2.05. The van der Waals surface area contributed by atoms with Crippen molar-refractivity contribution >= 4 is 0 Å². The van der Waals surface area contributed by atoms with Gasteiger partial charge in [0, 0.05) is 6.42 Å². The summed E-state index contributed by atoms with van der Waals surface area (Å²) >= 11 is 0. The molecule has 1 rings (SSSR count). The van der Waals surface area contributed by atoms with E-state index in [1.165, 1.54) is 0 Å². The van der Waals surface area contributed by atoms with Crippen LogP contribution in [0.2, 0.25) is 0 Å². The van der Waals surface area contributed by atoms with E-state index in [9.17, 15) is 20.4 Å². The first kappa shape index (κ1) is 12.8. The number of hydrogen-bond acceptors (Lipinski definition) is 6. The lowest BCUT2D eigenvalue weighted by Crippen LogP contribution is -2.65. The first-order valence-electron chi connectivity index (χ1n) is 5.01. The zero-order chi connectivity index (χ0) is 11.6. The molecule has 5 atom stereocenters. The Morgan fingerprint density at radius 3 is 2.27 bits per heavy atom. The highest BCUT2D eigenvalue weighted by Gasteiger charge is 2.51. The second-order valence-corrected chi connectivity index (χ2v) is 3.86. The first-order valence-corrected chi connectivity index (χ1v) is 5.01. The molecular weight excluding hydrogens is 204 g/mol. The van der Waals surface area contributed by atoms with Crippen LogP contribution in [0.1, 0.15) is 19.8 Å². The van der Waals surface area contributed by atoms with Crippen molar-refractivity contribution in [3.05, 3.63) is 0 Å². The Balaban J connectivity index is 2.82. The Hall–Kier alpha value is -0.240. The summed E-state index contributed by atoms with van der Waals surface area (Å²) in [5.74, 6) is -1.90. The molecule has 1 heterocycles. The van der Waals surface area contributed by atoms with Crippen LogP contribution in [-0.4, -0.2) is 62.3 Å². The molecular formula is C9H18O6. The van der Waals surface area contributed by atoms with Gasteiger partial charge in [0.15, 0.2) is 5.79 Å². The number of hydrogen-bond donors (Lipinski definition) is 5. The van der Waals surface area contributed by atoms with Gasteiger partial charge in [0.1, 0.15) is 24.4 Å². The second kappa shape index (κ2) is 4.73. The van der Waals surface area contributed by atoms with Gasteiger partial charge in [0.25, 0.3) is 0 Å². The van der Waals surface area contributed by atoms with E-state index >= 15 is 0 Å². The van der Waals surface area contributed by atoms with Gasteiger partial charge in [-0.3, -0.25) is 0 Å².